The fraction of sp³-hybridized carbons (Fsp3) is 0.312. The van der Waals surface area contributed by atoms with Crippen LogP contribution in [-0.2, 0) is 13.1 Å². The Morgan fingerprint density at radius 1 is 1.25 bits per heavy atom. The Hall–Kier alpha value is -1.65. The van der Waals surface area contributed by atoms with Crippen LogP contribution in [0.1, 0.15) is 46.1 Å². The Morgan fingerprint density at radius 3 is 2.50 bits per heavy atom. The summed E-state index contributed by atoms with van der Waals surface area (Å²) in [6.07, 6.45) is 0. The summed E-state index contributed by atoms with van der Waals surface area (Å²) in [6.45, 7) is 5.86. The van der Waals surface area contributed by atoms with Crippen molar-refractivity contribution in [2.24, 2.45) is 0 Å². The second kappa shape index (κ2) is 6.68. The molecule has 1 aromatic heterocycles. The van der Waals surface area contributed by atoms with Crippen molar-refractivity contribution in [3.05, 3.63) is 57.3 Å². The van der Waals surface area contributed by atoms with Crippen molar-refractivity contribution >= 4 is 17.3 Å². The lowest BCUT2D eigenvalue weighted by atomic mass is 10.0. The average Bonchev–Trinajstić information content (AvgIpc) is 2.88. The van der Waals surface area contributed by atoms with Gasteiger partial charge < -0.3 is 10.4 Å². The molecule has 1 heterocycles. The molecule has 0 amide bonds. The number of hydrogen-bond donors (Lipinski definition) is 2. The van der Waals surface area contributed by atoms with E-state index in [9.17, 15) is 4.79 Å². The van der Waals surface area contributed by atoms with Crippen LogP contribution in [0.15, 0.2) is 35.7 Å². The van der Waals surface area contributed by atoms with Crippen LogP contribution in [0.5, 0.6) is 0 Å². The van der Waals surface area contributed by atoms with Crippen molar-refractivity contribution in [3.63, 3.8) is 0 Å². The molecule has 0 aliphatic carbocycles. The number of aromatic carboxylic acids is 1. The molecule has 106 valence electrons. The molecule has 0 saturated carbocycles. The van der Waals surface area contributed by atoms with Gasteiger partial charge in [-0.25, -0.2) is 4.79 Å². The second-order valence-corrected chi connectivity index (χ2v) is 6.10. The van der Waals surface area contributed by atoms with Gasteiger partial charge in [0.05, 0.1) is 5.56 Å². The van der Waals surface area contributed by atoms with Crippen LogP contribution in [0.25, 0.3) is 0 Å². The van der Waals surface area contributed by atoms with Crippen molar-refractivity contribution in [1.29, 1.82) is 0 Å². The van der Waals surface area contributed by atoms with Gasteiger partial charge in [0.1, 0.15) is 0 Å². The number of nitrogens with one attached hydrogen (secondary N) is 1. The maximum absolute atomic E-state index is 10.8. The molecule has 0 unspecified atom stereocenters. The second-order valence-electron chi connectivity index (χ2n) is 5.11. The van der Waals surface area contributed by atoms with Gasteiger partial charge in [-0.05, 0) is 23.1 Å². The summed E-state index contributed by atoms with van der Waals surface area (Å²) in [5, 5.41) is 13.9. The van der Waals surface area contributed by atoms with E-state index in [1.807, 2.05) is 0 Å². The number of carboxylic acids is 1. The van der Waals surface area contributed by atoms with E-state index in [0.717, 1.165) is 11.4 Å². The Kier molecular flexibility index (Phi) is 4.93. The molecule has 0 aliphatic heterocycles. The van der Waals surface area contributed by atoms with Crippen LogP contribution >= 0.6 is 11.3 Å². The fourth-order valence-electron chi connectivity index (χ4n) is 1.94. The van der Waals surface area contributed by atoms with E-state index in [4.69, 9.17) is 5.11 Å². The number of benzene rings is 1. The summed E-state index contributed by atoms with van der Waals surface area (Å²) in [5.74, 6) is -0.311. The summed E-state index contributed by atoms with van der Waals surface area (Å²) >= 11 is 1.48. The first-order valence-electron chi connectivity index (χ1n) is 6.66. The maximum atomic E-state index is 10.8. The minimum atomic E-state index is -0.864. The monoisotopic (exact) mass is 289 g/mol. The first-order chi connectivity index (χ1) is 9.56. The Bertz CT molecular complexity index is 572. The largest absolute Gasteiger partial charge is 0.478 e. The highest BCUT2D eigenvalue weighted by molar-refractivity contribution is 7.10. The van der Waals surface area contributed by atoms with Gasteiger partial charge in [-0.2, -0.15) is 0 Å². The van der Waals surface area contributed by atoms with E-state index >= 15 is 0 Å². The van der Waals surface area contributed by atoms with Crippen molar-refractivity contribution in [2.45, 2.75) is 32.9 Å². The molecule has 0 bridgehead atoms. The standard InChI is InChI=1S/C16H19NO2S/c1-11(2)13-5-3-12(4-6-13)8-17-9-15-7-14(10-20-15)16(18)19/h3-7,10-11,17H,8-9H2,1-2H3,(H,18,19). The molecule has 0 fully saturated rings. The zero-order chi connectivity index (χ0) is 14.5. The summed E-state index contributed by atoms with van der Waals surface area (Å²) in [6, 6.07) is 10.3. The molecule has 0 saturated heterocycles. The van der Waals surface area contributed by atoms with Gasteiger partial charge in [0.25, 0.3) is 0 Å². The SMILES string of the molecule is CC(C)c1ccc(CNCc2cc(C(=O)O)cs2)cc1. The van der Waals surface area contributed by atoms with E-state index in [1.54, 1.807) is 11.4 Å². The van der Waals surface area contributed by atoms with Gasteiger partial charge in [-0.15, -0.1) is 11.3 Å². The molecule has 2 rings (SSSR count). The number of hydrogen-bond acceptors (Lipinski definition) is 3. The zero-order valence-corrected chi connectivity index (χ0v) is 12.5. The number of carboxylic acid groups (broad SMARTS) is 1. The molecule has 0 radical (unpaired) electrons. The molecule has 0 spiro atoms. The smallest absolute Gasteiger partial charge is 0.336 e. The molecular formula is C16H19NO2S. The van der Waals surface area contributed by atoms with E-state index in [1.165, 1.54) is 22.5 Å². The van der Waals surface area contributed by atoms with Crippen LogP contribution in [0.3, 0.4) is 0 Å². The number of carbonyl (C=O) groups is 1. The predicted molar refractivity (Wildman–Crippen MR) is 82.4 cm³/mol. The molecule has 2 aromatic rings. The first-order valence-corrected chi connectivity index (χ1v) is 7.54. The molecule has 20 heavy (non-hydrogen) atoms. The van der Waals surface area contributed by atoms with Crippen LogP contribution in [0.2, 0.25) is 0 Å². The number of thiophene rings is 1. The normalized spacial score (nSPS) is 10.9. The Morgan fingerprint density at radius 2 is 1.95 bits per heavy atom. The average molecular weight is 289 g/mol. The van der Waals surface area contributed by atoms with Crippen molar-refractivity contribution in [1.82, 2.24) is 5.32 Å². The van der Waals surface area contributed by atoms with Crippen LogP contribution in [0, 0.1) is 0 Å². The highest BCUT2D eigenvalue weighted by Gasteiger charge is 2.06. The van der Waals surface area contributed by atoms with Crippen LogP contribution < -0.4 is 5.32 Å². The molecule has 0 aliphatic rings. The minimum absolute atomic E-state index is 0.369. The Balaban J connectivity index is 1.84. The van der Waals surface area contributed by atoms with Gasteiger partial charge >= 0.3 is 5.97 Å². The van der Waals surface area contributed by atoms with Crippen LogP contribution in [-0.4, -0.2) is 11.1 Å². The third-order valence-electron chi connectivity index (χ3n) is 3.18. The van der Waals surface area contributed by atoms with E-state index in [2.05, 4.69) is 43.4 Å². The third-order valence-corrected chi connectivity index (χ3v) is 4.11. The van der Waals surface area contributed by atoms with Crippen molar-refractivity contribution in [3.8, 4) is 0 Å². The van der Waals surface area contributed by atoms with E-state index in [-0.39, 0.29) is 0 Å². The van der Waals surface area contributed by atoms with Gasteiger partial charge in [0, 0.05) is 23.3 Å². The summed E-state index contributed by atoms with van der Waals surface area (Å²) < 4.78 is 0. The molecule has 2 N–H and O–H groups in total. The van der Waals surface area contributed by atoms with Gasteiger partial charge in [-0.1, -0.05) is 38.1 Å². The summed E-state index contributed by atoms with van der Waals surface area (Å²) in [5.41, 5.74) is 2.95. The lowest BCUT2D eigenvalue weighted by Crippen LogP contribution is -2.11. The van der Waals surface area contributed by atoms with Gasteiger partial charge in [0.15, 0.2) is 0 Å². The molecule has 1 aromatic carbocycles. The molecule has 3 nitrogen and oxygen atoms in total. The summed E-state index contributed by atoms with van der Waals surface area (Å²) in [7, 11) is 0. The number of rotatable bonds is 6. The fourth-order valence-corrected chi connectivity index (χ4v) is 2.76. The van der Waals surface area contributed by atoms with E-state index in [0.29, 0.717) is 18.0 Å². The van der Waals surface area contributed by atoms with Crippen LogP contribution in [0.4, 0.5) is 0 Å². The first kappa shape index (κ1) is 14.8. The molecular weight excluding hydrogens is 270 g/mol. The Labute approximate surface area is 123 Å². The van der Waals surface area contributed by atoms with Crippen molar-refractivity contribution in [2.75, 3.05) is 0 Å². The predicted octanol–water partition coefficient (Wildman–Crippen LogP) is 3.86. The summed E-state index contributed by atoms with van der Waals surface area (Å²) in [4.78, 5) is 11.8. The zero-order valence-electron chi connectivity index (χ0n) is 11.7. The third kappa shape index (κ3) is 3.92. The molecule has 0 atom stereocenters. The highest BCUT2D eigenvalue weighted by atomic mass is 32.1. The van der Waals surface area contributed by atoms with Gasteiger partial charge in [0.2, 0.25) is 0 Å². The lowest BCUT2D eigenvalue weighted by molar-refractivity contribution is 0.0697. The maximum Gasteiger partial charge on any atom is 0.336 e. The lowest BCUT2D eigenvalue weighted by Gasteiger charge is -2.07. The topological polar surface area (TPSA) is 49.3 Å². The quantitative estimate of drug-likeness (QED) is 0.849. The van der Waals surface area contributed by atoms with E-state index < -0.39 is 5.97 Å². The van der Waals surface area contributed by atoms with Gasteiger partial charge in [-0.3, -0.25) is 0 Å². The highest BCUT2D eigenvalue weighted by Crippen LogP contribution is 2.16. The minimum Gasteiger partial charge on any atom is -0.478 e. The molecule has 4 heteroatoms. The van der Waals surface area contributed by atoms with Crippen molar-refractivity contribution < 1.29 is 9.90 Å².